The summed E-state index contributed by atoms with van der Waals surface area (Å²) < 4.78 is 13.9. The van der Waals surface area contributed by atoms with E-state index in [1.54, 1.807) is 33.1 Å². The van der Waals surface area contributed by atoms with Crippen molar-refractivity contribution in [2.75, 3.05) is 24.4 Å². The number of hydrogen-bond donors (Lipinski definition) is 2. The Morgan fingerprint density at radius 3 is 1.68 bits per heavy atom. The Morgan fingerprint density at radius 2 is 1.13 bits per heavy atom. The second kappa shape index (κ2) is 18.0. The Hall–Kier alpha value is -6.82. The number of carbonyl (C=O) groups excluding carboxylic acids is 2. The molecule has 0 spiro atoms. The molecule has 0 saturated carbocycles. The van der Waals surface area contributed by atoms with Gasteiger partial charge in [-0.05, 0) is 103 Å². The molecule has 0 bridgehead atoms. The zero-order valence-electron chi connectivity index (χ0n) is 35.4. The zero-order valence-corrected chi connectivity index (χ0v) is 35.4. The van der Waals surface area contributed by atoms with E-state index < -0.39 is 17.6 Å². The van der Waals surface area contributed by atoms with Gasteiger partial charge in [0.1, 0.15) is 23.6 Å². The Balaban J connectivity index is 1.07. The van der Waals surface area contributed by atoms with Crippen molar-refractivity contribution in [1.29, 1.82) is 0 Å². The highest BCUT2D eigenvalue weighted by molar-refractivity contribution is 5.94. The summed E-state index contributed by atoms with van der Waals surface area (Å²) in [6.45, 7) is 14.3. The molecule has 2 atom stereocenters. The van der Waals surface area contributed by atoms with E-state index in [0.717, 1.165) is 22.3 Å². The van der Waals surface area contributed by atoms with Crippen LogP contribution in [0.15, 0.2) is 131 Å². The molecule has 0 saturated heterocycles. The van der Waals surface area contributed by atoms with E-state index in [0.29, 0.717) is 47.3 Å². The van der Waals surface area contributed by atoms with Crippen LogP contribution in [0.1, 0.15) is 78.1 Å². The number of aromatic nitrogens is 4. The monoisotopic (exact) mass is 808 g/mol. The van der Waals surface area contributed by atoms with E-state index in [4.69, 9.17) is 9.47 Å². The second-order valence-corrected chi connectivity index (χ2v) is 16.5. The van der Waals surface area contributed by atoms with Gasteiger partial charge in [0.05, 0.1) is 25.1 Å². The van der Waals surface area contributed by atoms with Crippen LogP contribution in [0.4, 0.5) is 11.4 Å². The summed E-state index contributed by atoms with van der Waals surface area (Å²) in [6, 6.07) is 34.4. The smallest absolute Gasteiger partial charge is 0.267 e. The molecule has 60 heavy (non-hydrogen) atoms. The third-order valence-electron chi connectivity index (χ3n) is 10.6. The first-order valence-corrected chi connectivity index (χ1v) is 19.9. The number of amides is 2. The van der Waals surface area contributed by atoms with Gasteiger partial charge in [0.25, 0.3) is 11.1 Å². The van der Waals surface area contributed by atoms with Crippen molar-refractivity contribution in [2.45, 2.75) is 77.8 Å². The number of ether oxygens (including phenoxy) is 2. The number of hydrogen-bond acceptors (Lipinski definition) is 8. The van der Waals surface area contributed by atoms with Crippen molar-refractivity contribution in [3.05, 3.63) is 153 Å². The van der Waals surface area contributed by atoms with E-state index in [1.807, 2.05) is 97.1 Å². The molecule has 2 unspecified atom stereocenters. The molecule has 6 rings (SSSR count). The molecule has 2 heterocycles. The van der Waals surface area contributed by atoms with Crippen molar-refractivity contribution >= 4 is 23.2 Å². The molecule has 2 N–H and O–H groups in total. The van der Waals surface area contributed by atoms with Crippen molar-refractivity contribution < 1.29 is 19.1 Å². The van der Waals surface area contributed by atoms with Crippen LogP contribution in [0.3, 0.4) is 0 Å². The normalized spacial score (nSPS) is 12.6. The number of carbonyl (C=O) groups is 2. The van der Waals surface area contributed by atoms with Gasteiger partial charge in [-0.2, -0.15) is 10.2 Å². The quantitative estimate of drug-likeness (QED) is 0.111. The van der Waals surface area contributed by atoms with Crippen LogP contribution in [0.2, 0.25) is 0 Å². The Kier molecular flexibility index (Phi) is 12.8. The topological polar surface area (TPSA) is 146 Å². The zero-order chi connectivity index (χ0) is 43.2. The molecule has 0 aliphatic carbocycles. The van der Waals surface area contributed by atoms with Gasteiger partial charge in [-0.15, -0.1) is 0 Å². The van der Waals surface area contributed by atoms with Crippen LogP contribution in [0.5, 0.6) is 11.5 Å². The number of nitrogens with one attached hydrogen (secondary N) is 2. The highest BCUT2D eigenvalue weighted by Gasteiger charge is 2.24. The maximum absolute atomic E-state index is 13.4. The van der Waals surface area contributed by atoms with Crippen molar-refractivity contribution in [2.24, 2.45) is 0 Å². The van der Waals surface area contributed by atoms with E-state index in [2.05, 4.69) is 55.4 Å². The largest absolute Gasteiger partial charge is 0.497 e. The van der Waals surface area contributed by atoms with Crippen molar-refractivity contribution in [3.8, 4) is 34.0 Å². The molecule has 4 aromatic carbocycles. The minimum absolute atomic E-state index is 0.0138. The lowest BCUT2D eigenvalue weighted by atomic mass is 9.81. The molecule has 310 valence electrons. The Labute approximate surface area is 350 Å². The predicted molar refractivity (Wildman–Crippen MR) is 236 cm³/mol. The third kappa shape index (κ3) is 10.2. The van der Waals surface area contributed by atoms with Crippen molar-refractivity contribution in [3.63, 3.8) is 0 Å². The fourth-order valence-corrected chi connectivity index (χ4v) is 6.60. The first kappa shape index (κ1) is 42.8. The van der Waals surface area contributed by atoms with Gasteiger partial charge in [-0.3, -0.25) is 19.2 Å². The fraction of sp³-hybridized carbons (Fsp3) is 0.292. The maximum Gasteiger partial charge on any atom is 0.267 e. The maximum atomic E-state index is 13.4. The standard InChI is InChI=1S/C48H52N6O6/c1-31(45(57)49-37-20-18-35(19-21-37)47(3,4)5)53-43(55)25-23-42(52-53)34-13-10-17-40(29-34)60-27-26-48(6,7)36-14-11-15-38(30-36)50-46(58)32(2)54-44(56)24-22-41(51-54)33-12-9-16-39(28-33)59-8/h9-25,28-32H,26-27H2,1-8H3,(H,49,57)(H,50,58). The van der Waals surface area contributed by atoms with Gasteiger partial charge in [0.15, 0.2) is 0 Å². The molecular formula is C48H52N6O6. The number of nitrogens with zero attached hydrogens (tertiary/aromatic N) is 4. The van der Waals surface area contributed by atoms with E-state index in [9.17, 15) is 19.2 Å². The molecule has 0 aliphatic rings. The van der Waals surface area contributed by atoms with Crippen LogP contribution < -0.4 is 31.2 Å². The molecular weight excluding hydrogens is 757 g/mol. The van der Waals surface area contributed by atoms with Gasteiger partial charge >= 0.3 is 0 Å². The van der Waals surface area contributed by atoms with E-state index in [-0.39, 0.29) is 28.2 Å². The van der Waals surface area contributed by atoms with E-state index >= 15 is 0 Å². The first-order chi connectivity index (χ1) is 28.5. The van der Waals surface area contributed by atoms with Crippen LogP contribution in [0, 0.1) is 0 Å². The first-order valence-electron chi connectivity index (χ1n) is 19.9. The SMILES string of the molecule is COc1cccc(-c2ccc(=O)n(C(C)C(=O)Nc3cccc(C(C)(C)CCOc4cccc(-c5ccc(=O)n(C(C)C(=O)Nc6ccc(C(C)(C)C)cc6)n5)c4)c3)n2)c1. The minimum atomic E-state index is -0.882. The average Bonchev–Trinajstić information content (AvgIpc) is 3.23. The number of rotatable bonds is 14. The molecule has 12 nitrogen and oxygen atoms in total. The summed E-state index contributed by atoms with van der Waals surface area (Å²) in [5.74, 6) is 0.551. The number of benzene rings is 4. The van der Waals surface area contributed by atoms with Gasteiger partial charge in [-0.25, -0.2) is 9.36 Å². The lowest BCUT2D eigenvalue weighted by Gasteiger charge is -2.26. The fourth-order valence-electron chi connectivity index (χ4n) is 6.60. The summed E-state index contributed by atoms with van der Waals surface area (Å²) in [5.41, 5.74) is 4.80. The molecule has 2 amide bonds. The molecule has 2 aromatic heterocycles. The van der Waals surface area contributed by atoms with Crippen LogP contribution in [-0.4, -0.2) is 45.1 Å². The summed E-state index contributed by atoms with van der Waals surface area (Å²) in [5, 5.41) is 14.9. The highest BCUT2D eigenvalue weighted by Crippen LogP contribution is 2.31. The number of methoxy groups -OCH3 is 1. The molecule has 6 aromatic rings. The molecule has 0 fully saturated rings. The van der Waals surface area contributed by atoms with Gasteiger partial charge < -0.3 is 20.1 Å². The summed E-state index contributed by atoms with van der Waals surface area (Å²) in [7, 11) is 1.58. The van der Waals surface area contributed by atoms with Crippen LogP contribution in [0.25, 0.3) is 22.5 Å². The lowest BCUT2D eigenvalue weighted by molar-refractivity contribution is -0.119. The van der Waals surface area contributed by atoms with Gasteiger partial charge in [-0.1, -0.05) is 83.1 Å². The third-order valence-corrected chi connectivity index (χ3v) is 10.6. The Bertz CT molecular complexity index is 2610. The van der Waals surface area contributed by atoms with Crippen LogP contribution in [-0.2, 0) is 20.4 Å². The minimum Gasteiger partial charge on any atom is -0.497 e. The highest BCUT2D eigenvalue weighted by atomic mass is 16.5. The van der Waals surface area contributed by atoms with Gasteiger partial charge in [0, 0.05) is 34.6 Å². The number of anilines is 2. The summed E-state index contributed by atoms with van der Waals surface area (Å²) >= 11 is 0. The molecule has 0 aliphatic heterocycles. The lowest BCUT2D eigenvalue weighted by Crippen LogP contribution is -2.33. The van der Waals surface area contributed by atoms with Crippen molar-refractivity contribution in [1.82, 2.24) is 19.6 Å². The predicted octanol–water partition coefficient (Wildman–Crippen LogP) is 8.59. The van der Waals surface area contributed by atoms with E-state index in [1.165, 1.54) is 21.5 Å². The summed E-state index contributed by atoms with van der Waals surface area (Å²) in [6.07, 6.45) is 0.649. The van der Waals surface area contributed by atoms with Gasteiger partial charge in [0.2, 0.25) is 11.8 Å². The second-order valence-electron chi connectivity index (χ2n) is 16.5. The summed E-state index contributed by atoms with van der Waals surface area (Å²) in [4.78, 5) is 52.3. The Morgan fingerprint density at radius 1 is 0.617 bits per heavy atom. The van der Waals surface area contributed by atoms with Crippen LogP contribution >= 0.6 is 0 Å². The average molecular weight is 809 g/mol. The molecule has 12 heteroatoms. The molecule has 0 radical (unpaired) electrons.